The van der Waals surface area contributed by atoms with Gasteiger partial charge in [-0.1, -0.05) is 0 Å². The third-order valence-corrected chi connectivity index (χ3v) is 6.73. The van der Waals surface area contributed by atoms with Gasteiger partial charge in [0, 0.05) is 49.8 Å². The van der Waals surface area contributed by atoms with Crippen molar-refractivity contribution in [1.29, 1.82) is 0 Å². The molecule has 0 bridgehead atoms. The largest absolute Gasteiger partial charge is 0.444 e. The number of ether oxygens (including phenoxy) is 1. The summed E-state index contributed by atoms with van der Waals surface area (Å²) < 4.78 is 7.41. The van der Waals surface area contributed by atoms with Gasteiger partial charge in [0.25, 0.3) is 0 Å². The number of aliphatic imine (C=N–C) groups is 2. The molecule has 2 unspecified atom stereocenters. The van der Waals surface area contributed by atoms with Crippen molar-refractivity contribution in [3.8, 4) is 11.4 Å². The van der Waals surface area contributed by atoms with E-state index in [1.54, 1.807) is 17.3 Å². The van der Waals surface area contributed by atoms with Gasteiger partial charge in [-0.15, -0.1) is 0 Å². The van der Waals surface area contributed by atoms with Crippen LogP contribution in [0.4, 0.5) is 10.6 Å². The molecule has 0 spiro atoms. The first-order valence-electron chi connectivity index (χ1n) is 13.3. The Labute approximate surface area is 223 Å². The van der Waals surface area contributed by atoms with Gasteiger partial charge in [0.05, 0.1) is 18.3 Å². The summed E-state index contributed by atoms with van der Waals surface area (Å²) >= 11 is 0. The van der Waals surface area contributed by atoms with Crippen LogP contribution in [0.2, 0.25) is 0 Å². The number of amides is 1. The van der Waals surface area contributed by atoms with Crippen molar-refractivity contribution in [3.63, 3.8) is 0 Å². The molecule has 38 heavy (non-hydrogen) atoms. The molecule has 0 saturated carbocycles. The number of amidine groups is 2. The second-order valence-corrected chi connectivity index (χ2v) is 11.4. The molecule has 2 atom stereocenters. The van der Waals surface area contributed by atoms with Crippen LogP contribution in [0.5, 0.6) is 0 Å². The first kappa shape index (κ1) is 25.9. The van der Waals surface area contributed by atoms with E-state index in [1.165, 1.54) is 5.70 Å². The summed E-state index contributed by atoms with van der Waals surface area (Å²) in [5.41, 5.74) is 1.52. The van der Waals surface area contributed by atoms with Gasteiger partial charge in [0.15, 0.2) is 5.82 Å². The van der Waals surface area contributed by atoms with Gasteiger partial charge in [0.1, 0.15) is 29.1 Å². The predicted octanol–water partition coefficient (Wildman–Crippen LogP) is 3.82. The Morgan fingerprint density at radius 1 is 1.29 bits per heavy atom. The van der Waals surface area contributed by atoms with Gasteiger partial charge in [-0.3, -0.25) is 14.7 Å². The molecular formula is C27H37N9O2. The smallest absolute Gasteiger partial charge is 0.410 e. The van der Waals surface area contributed by atoms with Crippen molar-refractivity contribution < 1.29 is 9.53 Å². The molecule has 0 radical (unpaired) electrons. The highest BCUT2D eigenvalue weighted by atomic mass is 16.6. The van der Waals surface area contributed by atoms with E-state index in [2.05, 4.69) is 45.2 Å². The molecule has 1 fully saturated rings. The summed E-state index contributed by atoms with van der Waals surface area (Å²) in [5, 5.41) is 7.87. The van der Waals surface area contributed by atoms with E-state index in [1.807, 2.05) is 44.6 Å². The zero-order valence-electron chi connectivity index (χ0n) is 23.0. The maximum absolute atomic E-state index is 12.4. The average Bonchev–Trinajstić information content (AvgIpc) is 3.56. The van der Waals surface area contributed by atoms with Crippen molar-refractivity contribution >= 4 is 23.6 Å². The highest BCUT2D eigenvalue weighted by Gasteiger charge is 2.33. The van der Waals surface area contributed by atoms with E-state index in [4.69, 9.17) is 14.7 Å². The van der Waals surface area contributed by atoms with Crippen molar-refractivity contribution in [2.24, 2.45) is 15.9 Å². The lowest BCUT2D eigenvalue weighted by Gasteiger charge is -2.28. The zero-order valence-corrected chi connectivity index (χ0v) is 23.0. The Hall–Kier alpha value is -3.76. The predicted molar refractivity (Wildman–Crippen MR) is 147 cm³/mol. The Morgan fingerprint density at radius 2 is 2.11 bits per heavy atom. The van der Waals surface area contributed by atoms with Crippen molar-refractivity contribution in [2.45, 2.75) is 72.2 Å². The van der Waals surface area contributed by atoms with Crippen LogP contribution in [0.25, 0.3) is 11.4 Å². The Kier molecular flexibility index (Phi) is 6.93. The zero-order chi connectivity index (χ0) is 27.0. The van der Waals surface area contributed by atoms with E-state index >= 15 is 0 Å². The number of nitrogens with one attached hydrogen (secondary N) is 1. The van der Waals surface area contributed by atoms with Crippen LogP contribution in [-0.4, -0.2) is 84.6 Å². The van der Waals surface area contributed by atoms with Gasteiger partial charge < -0.3 is 19.9 Å². The number of aromatic nitrogens is 4. The van der Waals surface area contributed by atoms with Crippen LogP contribution in [0, 0.1) is 5.92 Å². The maximum atomic E-state index is 12.4. The summed E-state index contributed by atoms with van der Waals surface area (Å²) in [6, 6.07) is 2.26. The summed E-state index contributed by atoms with van der Waals surface area (Å²) in [6.07, 6.45) is 8.21. The van der Waals surface area contributed by atoms with Crippen LogP contribution in [0.3, 0.4) is 0 Å². The summed E-state index contributed by atoms with van der Waals surface area (Å²) in [6.45, 7) is 14.7. The maximum Gasteiger partial charge on any atom is 0.410 e. The third-order valence-electron chi connectivity index (χ3n) is 6.73. The molecule has 202 valence electrons. The number of hydrogen-bond donors (Lipinski definition) is 1. The Morgan fingerprint density at radius 3 is 2.87 bits per heavy atom. The molecule has 0 aromatic carbocycles. The second-order valence-electron chi connectivity index (χ2n) is 11.4. The molecule has 3 aliphatic heterocycles. The quantitative estimate of drug-likeness (QED) is 0.639. The number of carbonyl (C=O) groups excluding carboxylic acids is 1. The summed E-state index contributed by atoms with van der Waals surface area (Å²) in [7, 11) is 0. The molecule has 2 aromatic rings. The van der Waals surface area contributed by atoms with Gasteiger partial charge in [-0.25, -0.2) is 14.8 Å². The molecule has 1 N–H and O–H groups in total. The first-order valence-corrected chi connectivity index (χ1v) is 13.3. The van der Waals surface area contributed by atoms with Crippen LogP contribution < -0.4 is 5.32 Å². The van der Waals surface area contributed by atoms with Gasteiger partial charge in [-0.05, 0) is 59.9 Å². The van der Waals surface area contributed by atoms with Crippen molar-refractivity contribution in [3.05, 3.63) is 36.4 Å². The minimum absolute atomic E-state index is 0.0887. The van der Waals surface area contributed by atoms with Gasteiger partial charge in [-0.2, -0.15) is 5.10 Å². The minimum Gasteiger partial charge on any atom is -0.444 e. The lowest BCUT2D eigenvalue weighted by molar-refractivity contribution is 0.0286. The molecule has 1 amide bonds. The molecule has 0 aliphatic carbocycles. The molecule has 5 heterocycles. The van der Waals surface area contributed by atoms with E-state index < -0.39 is 5.60 Å². The number of rotatable bonds is 5. The fourth-order valence-corrected chi connectivity index (χ4v) is 5.14. The highest BCUT2D eigenvalue weighted by Crippen LogP contribution is 2.27. The number of hydrogen-bond acceptors (Lipinski definition) is 9. The number of likely N-dealkylation sites (tertiary alicyclic amines) is 1. The molecular weight excluding hydrogens is 482 g/mol. The summed E-state index contributed by atoms with van der Waals surface area (Å²) in [5.74, 6) is 3.38. The van der Waals surface area contributed by atoms with Gasteiger partial charge >= 0.3 is 6.09 Å². The van der Waals surface area contributed by atoms with Crippen LogP contribution >= 0.6 is 0 Å². The number of nitrogens with zero attached hydrogens (tertiary/aromatic N) is 8. The van der Waals surface area contributed by atoms with Crippen LogP contribution in [0.1, 0.15) is 48.0 Å². The summed E-state index contributed by atoms with van der Waals surface area (Å²) in [4.78, 5) is 35.0. The van der Waals surface area contributed by atoms with Crippen LogP contribution in [-0.2, 0) is 11.3 Å². The van der Waals surface area contributed by atoms with E-state index in [-0.39, 0.29) is 12.1 Å². The minimum atomic E-state index is -0.489. The van der Waals surface area contributed by atoms with Crippen molar-refractivity contribution in [2.75, 3.05) is 25.0 Å². The normalized spacial score (nSPS) is 21.3. The molecule has 3 aliphatic rings. The number of anilines is 1. The molecule has 11 heteroatoms. The fourth-order valence-electron chi connectivity index (χ4n) is 5.14. The molecule has 2 aromatic heterocycles. The molecule has 11 nitrogen and oxygen atoms in total. The van der Waals surface area contributed by atoms with Gasteiger partial charge in [0.2, 0.25) is 0 Å². The average molecular weight is 520 g/mol. The monoisotopic (exact) mass is 519 g/mol. The fraction of sp³-hybridized carbons (Fsp3) is 0.556. The van der Waals surface area contributed by atoms with E-state index in [0.717, 1.165) is 30.2 Å². The molecule has 5 rings (SSSR count). The van der Waals surface area contributed by atoms with Crippen molar-refractivity contribution in [1.82, 2.24) is 29.5 Å². The Balaban J connectivity index is 1.21. The topological polar surface area (TPSA) is 113 Å². The first-order chi connectivity index (χ1) is 18.1. The third kappa shape index (κ3) is 5.71. The van der Waals surface area contributed by atoms with E-state index in [9.17, 15) is 4.79 Å². The Bertz CT molecular complexity index is 1290. The SMILES string of the molecule is CC1=NC2CN=C(Nc3ccnc(-c4cnn(CC5CCN(C(=O)OC(C)(C)C)C5)c4)n3)C=C2N1C(C)C. The molecule has 1 saturated heterocycles. The van der Waals surface area contributed by atoms with E-state index in [0.29, 0.717) is 43.2 Å². The lowest BCUT2D eigenvalue weighted by atomic mass is 10.1. The number of fused-ring (bicyclic) bond motifs is 1. The number of carbonyl (C=O) groups is 1. The highest BCUT2D eigenvalue weighted by molar-refractivity contribution is 6.05. The van der Waals surface area contributed by atoms with Crippen LogP contribution in [0.15, 0.2) is 46.4 Å². The number of dihydropyridines is 1. The second kappa shape index (κ2) is 10.2. The lowest BCUT2D eigenvalue weighted by Crippen LogP contribution is -2.35. The standard InChI is InChI=1S/C27H37N9O2/c1-17(2)36-18(3)31-21-13-29-24(11-22(21)36)32-23-7-9-28-25(33-23)20-12-30-35(16-20)15-19-8-10-34(14-19)26(37)38-27(4,5)6/h7,9,11-12,16-17,19,21H,8,10,13-15H2,1-6H3,(H,28,29,32,33).